The van der Waals surface area contributed by atoms with Gasteiger partial charge in [0.2, 0.25) is 8.32 Å². The number of esters is 2. The molecule has 0 fully saturated rings. The van der Waals surface area contributed by atoms with Crippen LogP contribution in [0.3, 0.4) is 0 Å². The van der Waals surface area contributed by atoms with Gasteiger partial charge in [-0.25, -0.2) is 4.79 Å². The minimum absolute atomic E-state index is 0.201. The number of carbonyl (C=O) groups excluding carboxylic acids is 2. The molecule has 0 bridgehead atoms. The SMILES string of the molecule is C=C(C)C(=O)OCCCC(=O)OC[Si](C)(C)OCC. The summed E-state index contributed by atoms with van der Waals surface area (Å²) in [6.07, 6.45) is 1.04. The van der Waals surface area contributed by atoms with E-state index in [0.29, 0.717) is 24.8 Å². The summed E-state index contributed by atoms with van der Waals surface area (Å²) in [6, 6.07) is 0. The predicted octanol–water partition coefficient (Wildman–Crippen LogP) is 2.21. The van der Waals surface area contributed by atoms with E-state index in [1.54, 1.807) is 6.92 Å². The van der Waals surface area contributed by atoms with Gasteiger partial charge in [-0.15, -0.1) is 0 Å². The molecule has 0 unspecified atom stereocenters. The van der Waals surface area contributed by atoms with Gasteiger partial charge < -0.3 is 13.9 Å². The normalized spacial score (nSPS) is 10.9. The zero-order chi connectivity index (χ0) is 14.9. The van der Waals surface area contributed by atoms with Crippen molar-refractivity contribution in [1.29, 1.82) is 0 Å². The largest absolute Gasteiger partial charge is 0.466 e. The lowest BCUT2D eigenvalue weighted by atomic mass is 10.3. The van der Waals surface area contributed by atoms with Crippen LogP contribution in [-0.2, 0) is 23.5 Å². The molecule has 0 aromatic carbocycles. The molecular formula is C13H24O5Si. The molecule has 0 saturated carbocycles. The van der Waals surface area contributed by atoms with Crippen molar-refractivity contribution in [2.75, 3.05) is 19.4 Å². The summed E-state index contributed by atoms with van der Waals surface area (Å²) in [5.41, 5.74) is 0.354. The summed E-state index contributed by atoms with van der Waals surface area (Å²) in [5, 5.41) is 0. The fourth-order valence-corrected chi connectivity index (χ4v) is 2.64. The predicted molar refractivity (Wildman–Crippen MR) is 75.1 cm³/mol. The molecule has 0 atom stereocenters. The van der Waals surface area contributed by atoms with Crippen molar-refractivity contribution in [2.45, 2.75) is 39.8 Å². The van der Waals surface area contributed by atoms with E-state index in [9.17, 15) is 9.59 Å². The first-order valence-corrected chi connectivity index (χ1v) is 9.52. The Bertz CT molecular complexity index is 325. The standard InChI is InChI=1S/C13H24O5Si/c1-6-18-19(4,5)10-17-12(14)8-7-9-16-13(15)11(2)3/h2,6-10H2,1,3-5H3. The maximum Gasteiger partial charge on any atom is 0.333 e. The lowest BCUT2D eigenvalue weighted by Crippen LogP contribution is -2.37. The second kappa shape index (κ2) is 8.87. The Kier molecular flexibility index (Phi) is 8.34. The Morgan fingerprint density at radius 3 is 2.37 bits per heavy atom. The average Bonchev–Trinajstić information content (AvgIpc) is 2.31. The van der Waals surface area contributed by atoms with Crippen molar-refractivity contribution >= 4 is 20.3 Å². The molecule has 6 heteroatoms. The summed E-state index contributed by atoms with van der Waals surface area (Å²) >= 11 is 0. The number of ether oxygens (including phenoxy) is 2. The summed E-state index contributed by atoms with van der Waals surface area (Å²) < 4.78 is 15.6. The molecule has 0 spiro atoms. The highest BCUT2D eigenvalue weighted by atomic mass is 28.4. The zero-order valence-electron chi connectivity index (χ0n) is 12.3. The van der Waals surface area contributed by atoms with E-state index in [4.69, 9.17) is 13.9 Å². The molecule has 0 radical (unpaired) electrons. The van der Waals surface area contributed by atoms with Crippen molar-refractivity contribution < 1.29 is 23.5 Å². The molecule has 0 saturated heterocycles. The van der Waals surface area contributed by atoms with Gasteiger partial charge in [0, 0.05) is 18.6 Å². The quantitative estimate of drug-likeness (QED) is 0.282. The van der Waals surface area contributed by atoms with Crippen LogP contribution in [0.15, 0.2) is 12.2 Å². The molecule has 0 aromatic rings. The van der Waals surface area contributed by atoms with E-state index in [-0.39, 0.29) is 19.0 Å². The molecule has 0 amide bonds. The van der Waals surface area contributed by atoms with Crippen molar-refractivity contribution in [3.05, 3.63) is 12.2 Å². The minimum atomic E-state index is -1.89. The summed E-state index contributed by atoms with van der Waals surface area (Å²) in [4.78, 5) is 22.5. The van der Waals surface area contributed by atoms with Crippen molar-refractivity contribution in [2.24, 2.45) is 0 Å². The Morgan fingerprint density at radius 2 is 1.84 bits per heavy atom. The van der Waals surface area contributed by atoms with Crippen LogP contribution in [0.2, 0.25) is 13.1 Å². The van der Waals surface area contributed by atoms with Gasteiger partial charge in [-0.1, -0.05) is 6.58 Å². The Labute approximate surface area is 116 Å². The third-order valence-corrected chi connectivity index (χ3v) is 4.13. The van der Waals surface area contributed by atoms with E-state index in [2.05, 4.69) is 6.58 Å². The van der Waals surface area contributed by atoms with Gasteiger partial charge in [-0.3, -0.25) is 4.79 Å². The zero-order valence-corrected chi connectivity index (χ0v) is 13.3. The highest BCUT2D eigenvalue weighted by Gasteiger charge is 2.24. The van der Waals surface area contributed by atoms with Gasteiger partial charge in [0.25, 0.3) is 0 Å². The molecular weight excluding hydrogens is 264 g/mol. The maximum absolute atomic E-state index is 11.5. The molecule has 0 rings (SSSR count). The molecule has 19 heavy (non-hydrogen) atoms. The van der Waals surface area contributed by atoms with Crippen molar-refractivity contribution in [3.8, 4) is 0 Å². The fraction of sp³-hybridized carbons (Fsp3) is 0.692. The van der Waals surface area contributed by atoms with Crippen LogP contribution in [0.4, 0.5) is 0 Å². The van der Waals surface area contributed by atoms with Crippen LogP contribution < -0.4 is 0 Å². The van der Waals surface area contributed by atoms with Gasteiger partial charge in [0.05, 0.1) is 6.61 Å². The number of carbonyl (C=O) groups is 2. The molecule has 0 aliphatic carbocycles. The Hall–Kier alpha value is -1.14. The van der Waals surface area contributed by atoms with Crippen LogP contribution >= 0.6 is 0 Å². The van der Waals surface area contributed by atoms with Crippen LogP contribution in [-0.4, -0.2) is 39.7 Å². The lowest BCUT2D eigenvalue weighted by Gasteiger charge is -2.21. The third-order valence-electron chi connectivity index (χ3n) is 2.22. The topological polar surface area (TPSA) is 61.8 Å². The first-order chi connectivity index (χ1) is 8.78. The third kappa shape index (κ3) is 9.44. The van der Waals surface area contributed by atoms with Gasteiger partial charge in [0.1, 0.15) is 6.23 Å². The molecule has 0 N–H and O–H groups in total. The highest BCUT2D eigenvalue weighted by molar-refractivity contribution is 6.71. The fourth-order valence-electron chi connectivity index (χ4n) is 1.26. The summed E-state index contributed by atoms with van der Waals surface area (Å²) in [7, 11) is -1.89. The first-order valence-electron chi connectivity index (χ1n) is 6.40. The van der Waals surface area contributed by atoms with Gasteiger partial charge in [-0.2, -0.15) is 0 Å². The molecule has 0 aliphatic rings. The minimum Gasteiger partial charge on any atom is -0.466 e. The number of rotatable bonds is 9. The van der Waals surface area contributed by atoms with Crippen molar-refractivity contribution in [1.82, 2.24) is 0 Å². The van der Waals surface area contributed by atoms with Crippen LogP contribution in [0.25, 0.3) is 0 Å². The second-order valence-electron chi connectivity index (χ2n) is 4.87. The molecule has 0 aliphatic heterocycles. The van der Waals surface area contributed by atoms with E-state index < -0.39 is 14.3 Å². The lowest BCUT2D eigenvalue weighted by molar-refractivity contribution is -0.144. The Balaban J connectivity index is 3.71. The van der Waals surface area contributed by atoms with Crippen LogP contribution in [0.1, 0.15) is 26.7 Å². The van der Waals surface area contributed by atoms with Gasteiger partial charge in [0.15, 0.2) is 0 Å². The number of hydrogen-bond donors (Lipinski definition) is 0. The molecule has 0 aromatic heterocycles. The van der Waals surface area contributed by atoms with E-state index in [0.717, 1.165) is 0 Å². The molecule has 110 valence electrons. The van der Waals surface area contributed by atoms with E-state index in [1.807, 2.05) is 20.0 Å². The van der Waals surface area contributed by atoms with E-state index in [1.165, 1.54) is 0 Å². The van der Waals surface area contributed by atoms with Gasteiger partial charge >= 0.3 is 11.9 Å². The highest BCUT2D eigenvalue weighted by Crippen LogP contribution is 2.06. The number of hydrogen-bond acceptors (Lipinski definition) is 5. The summed E-state index contributed by atoms with van der Waals surface area (Å²) in [5.74, 6) is -0.718. The van der Waals surface area contributed by atoms with Gasteiger partial charge in [-0.05, 0) is 33.4 Å². The molecule has 0 heterocycles. The molecule has 5 nitrogen and oxygen atoms in total. The summed E-state index contributed by atoms with van der Waals surface area (Å²) in [6.45, 7) is 11.8. The Morgan fingerprint density at radius 1 is 1.21 bits per heavy atom. The average molecular weight is 288 g/mol. The van der Waals surface area contributed by atoms with Crippen LogP contribution in [0.5, 0.6) is 0 Å². The first kappa shape index (κ1) is 17.9. The van der Waals surface area contributed by atoms with Crippen molar-refractivity contribution in [3.63, 3.8) is 0 Å². The monoisotopic (exact) mass is 288 g/mol. The smallest absolute Gasteiger partial charge is 0.333 e. The second-order valence-corrected chi connectivity index (χ2v) is 8.97. The van der Waals surface area contributed by atoms with E-state index >= 15 is 0 Å². The van der Waals surface area contributed by atoms with Crippen LogP contribution in [0, 0.1) is 0 Å². The maximum atomic E-state index is 11.5.